The highest BCUT2D eigenvalue weighted by molar-refractivity contribution is 6.04. The van der Waals surface area contributed by atoms with Crippen molar-refractivity contribution in [1.82, 2.24) is 16.0 Å². The number of hydrogen-bond donors (Lipinski definition) is 7. The molecule has 0 unspecified atom stereocenters. The Kier molecular flexibility index (Phi) is 15.8. The van der Waals surface area contributed by atoms with E-state index in [2.05, 4.69) is 25.9 Å². The van der Waals surface area contributed by atoms with E-state index in [0.717, 1.165) is 0 Å². The van der Waals surface area contributed by atoms with E-state index in [9.17, 15) is 9.59 Å². The van der Waals surface area contributed by atoms with E-state index in [0.29, 0.717) is 44.7 Å². The number of esters is 1. The summed E-state index contributed by atoms with van der Waals surface area (Å²) in [6.07, 6.45) is 1.12. The predicted octanol–water partition coefficient (Wildman–Crippen LogP) is -0.686. The molecule has 9 N–H and O–H groups in total. The number of amides is 1. The van der Waals surface area contributed by atoms with Gasteiger partial charge in [0.2, 0.25) is 0 Å². The first-order chi connectivity index (χ1) is 14.8. The number of ether oxygens (including phenoxy) is 2. The molecule has 0 aromatic rings. The molecule has 0 aromatic carbocycles. The molecule has 0 heterocycles. The molecule has 13 nitrogen and oxygen atoms in total. The number of hydrogen-bond acceptors (Lipinski definition) is 9. The number of rotatable bonds is 15. The minimum Gasteiger partial charge on any atom is -0.464 e. The van der Waals surface area contributed by atoms with Gasteiger partial charge >= 0.3 is 12.1 Å². The number of carbonyl (C=O) groups is 2. The number of likely N-dealkylation sites (N-methyl/N-ethyl adjacent to an activating group) is 1. The van der Waals surface area contributed by atoms with E-state index in [1.54, 1.807) is 7.05 Å². The van der Waals surface area contributed by atoms with E-state index in [1.165, 1.54) is 7.05 Å². The Hall–Kier alpha value is -3.22. The topological polar surface area (TPSA) is 213 Å². The molecular formula is C18H35N9O4. The molecule has 1 amide bonds. The van der Waals surface area contributed by atoms with Gasteiger partial charge in [-0.25, -0.2) is 9.79 Å². The van der Waals surface area contributed by atoms with Crippen molar-refractivity contribution in [3.63, 3.8) is 0 Å². The first kappa shape index (κ1) is 27.8. The summed E-state index contributed by atoms with van der Waals surface area (Å²) in [5.74, 6) is -0.144. The van der Waals surface area contributed by atoms with Gasteiger partial charge in [0.1, 0.15) is 6.61 Å². The van der Waals surface area contributed by atoms with Crippen LogP contribution in [0.4, 0.5) is 4.79 Å². The lowest BCUT2D eigenvalue weighted by Gasteiger charge is -2.08. The van der Waals surface area contributed by atoms with Crippen molar-refractivity contribution in [2.75, 3.05) is 46.9 Å². The molecule has 0 saturated carbocycles. The third-order valence-corrected chi connectivity index (χ3v) is 3.66. The Bertz CT molecular complexity index is 650. The van der Waals surface area contributed by atoms with Gasteiger partial charge in [0.25, 0.3) is 0 Å². The van der Waals surface area contributed by atoms with Gasteiger partial charge in [-0.15, -0.1) is 0 Å². The quantitative estimate of drug-likeness (QED) is 0.0745. The zero-order chi connectivity index (χ0) is 23.5. The summed E-state index contributed by atoms with van der Waals surface area (Å²) in [5.41, 5.74) is 11.6. The van der Waals surface area contributed by atoms with Crippen LogP contribution < -0.4 is 27.4 Å². The van der Waals surface area contributed by atoms with Crippen LogP contribution in [0.25, 0.3) is 0 Å². The SMILES string of the molecule is CN=C(N)NC(N)=NCC(=N)CC(=N)CCCOC(=O)NCCCC(=O)OCCNC. The highest BCUT2D eigenvalue weighted by Crippen LogP contribution is 1.99. The summed E-state index contributed by atoms with van der Waals surface area (Å²) < 4.78 is 9.97. The zero-order valence-corrected chi connectivity index (χ0v) is 18.3. The Labute approximate surface area is 182 Å². The smallest absolute Gasteiger partial charge is 0.407 e. The van der Waals surface area contributed by atoms with Crippen LogP contribution in [0.2, 0.25) is 0 Å². The lowest BCUT2D eigenvalue weighted by atomic mass is 10.1. The molecule has 176 valence electrons. The fraction of sp³-hybridized carbons (Fsp3) is 0.667. The molecule has 0 radical (unpaired) electrons. The molecule has 0 aromatic heterocycles. The summed E-state index contributed by atoms with van der Waals surface area (Å²) in [7, 11) is 3.27. The van der Waals surface area contributed by atoms with Crippen LogP contribution in [0.5, 0.6) is 0 Å². The molecule has 0 saturated heterocycles. The molecule has 31 heavy (non-hydrogen) atoms. The second kappa shape index (κ2) is 17.6. The van der Waals surface area contributed by atoms with Gasteiger partial charge in [0.15, 0.2) is 11.9 Å². The summed E-state index contributed by atoms with van der Waals surface area (Å²) in [4.78, 5) is 30.6. The van der Waals surface area contributed by atoms with Crippen LogP contribution >= 0.6 is 0 Å². The van der Waals surface area contributed by atoms with E-state index in [-0.39, 0.29) is 49.6 Å². The zero-order valence-electron chi connectivity index (χ0n) is 18.3. The van der Waals surface area contributed by atoms with Crippen molar-refractivity contribution < 1.29 is 19.1 Å². The summed E-state index contributed by atoms with van der Waals surface area (Å²) in [6, 6.07) is 0. The van der Waals surface area contributed by atoms with Gasteiger partial charge in [-0.3, -0.25) is 15.1 Å². The van der Waals surface area contributed by atoms with Crippen molar-refractivity contribution >= 4 is 35.4 Å². The molecule has 0 aliphatic rings. The molecular weight excluding hydrogens is 406 g/mol. The van der Waals surface area contributed by atoms with Crippen molar-refractivity contribution in [3.05, 3.63) is 0 Å². The lowest BCUT2D eigenvalue weighted by Crippen LogP contribution is -2.41. The van der Waals surface area contributed by atoms with Crippen molar-refractivity contribution in [2.24, 2.45) is 21.5 Å². The second-order valence-electron chi connectivity index (χ2n) is 6.41. The lowest BCUT2D eigenvalue weighted by molar-refractivity contribution is -0.143. The van der Waals surface area contributed by atoms with Gasteiger partial charge in [-0.1, -0.05) is 0 Å². The number of guanidine groups is 2. The minimum atomic E-state index is -0.574. The molecule has 0 atom stereocenters. The highest BCUT2D eigenvalue weighted by Gasteiger charge is 2.07. The molecule has 0 aliphatic carbocycles. The second-order valence-corrected chi connectivity index (χ2v) is 6.41. The van der Waals surface area contributed by atoms with E-state index in [4.69, 9.17) is 31.8 Å². The summed E-state index contributed by atoms with van der Waals surface area (Å²) in [6.45, 7) is 1.42. The summed E-state index contributed by atoms with van der Waals surface area (Å²) in [5, 5.41) is 23.7. The molecule has 0 fully saturated rings. The molecule has 0 spiro atoms. The van der Waals surface area contributed by atoms with Gasteiger partial charge in [-0.2, -0.15) is 0 Å². The van der Waals surface area contributed by atoms with Crippen molar-refractivity contribution in [3.8, 4) is 0 Å². The first-order valence-corrected chi connectivity index (χ1v) is 9.91. The first-order valence-electron chi connectivity index (χ1n) is 9.91. The average Bonchev–Trinajstić information content (AvgIpc) is 2.73. The number of alkyl carbamates (subject to hydrolysis) is 1. The molecule has 0 aliphatic heterocycles. The van der Waals surface area contributed by atoms with Crippen LogP contribution in [0.1, 0.15) is 32.1 Å². The van der Waals surface area contributed by atoms with Crippen LogP contribution in [0, 0.1) is 10.8 Å². The van der Waals surface area contributed by atoms with Crippen LogP contribution in [-0.4, -0.2) is 82.3 Å². The maximum atomic E-state index is 11.6. The predicted molar refractivity (Wildman–Crippen MR) is 120 cm³/mol. The fourth-order valence-electron chi connectivity index (χ4n) is 2.07. The van der Waals surface area contributed by atoms with Gasteiger partial charge in [-0.05, 0) is 26.3 Å². The minimum absolute atomic E-state index is 0.0418. The van der Waals surface area contributed by atoms with E-state index >= 15 is 0 Å². The Balaban J connectivity index is 3.79. The van der Waals surface area contributed by atoms with E-state index < -0.39 is 6.09 Å². The average molecular weight is 442 g/mol. The standard InChI is InChI=1S/C18H35N9O4/c1-23-8-10-30-15(28)6-3-7-25-18(29)31-9-4-5-13(19)11-14(20)12-26-17(22)27-16(21)24-2/h19-20,23H,3-12H2,1-2H3,(H,25,29)(H5,21,22,24,26,27). The monoisotopic (exact) mass is 441 g/mol. The maximum Gasteiger partial charge on any atom is 0.407 e. The Morgan fingerprint density at radius 3 is 2.39 bits per heavy atom. The number of nitrogens with one attached hydrogen (secondary N) is 5. The van der Waals surface area contributed by atoms with Gasteiger partial charge in [0, 0.05) is 44.4 Å². The van der Waals surface area contributed by atoms with Gasteiger partial charge < -0.3 is 42.4 Å². The third-order valence-electron chi connectivity index (χ3n) is 3.66. The van der Waals surface area contributed by atoms with Crippen molar-refractivity contribution in [2.45, 2.75) is 32.1 Å². The van der Waals surface area contributed by atoms with Crippen LogP contribution in [0.3, 0.4) is 0 Å². The van der Waals surface area contributed by atoms with Crippen LogP contribution in [-0.2, 0) is 14.3 Å². The third kappa shape index (κ3) is 17.4. The maximum absolute atomic E-state index is 11.6. The Morgan fingerprint density at radius 2 is 1.71 bits per heavy atom. The van der Waals surface area contributed by atoms with E-state index in [1.807, 2.05) is 0 Å². The molecule has 13 heteroatoms. The Morgan fingerprint density at radius 1 is 0.968 bits per heavy atom. The highest BCUT2D eigenvalue weighted by atomic mass is 16.5. The van der Waals surface area contributed by atoms with Crippen molar-refractivity contribution in [1.29, 1.82) is 10.8 Å². The van der Waals surface area contributed by atoms with Gasteiger partial charge in [0.05, 0.1) is 13.2 Å². The largest absolute Gasteiger partial charge is 0.464 e. The number of nitrogens with two attached hydrogens (primary N) is 2. The normalized spacial score (nSPS) is 11.5. The molecule has 0 bridgehead atoms. The fourth-order valence-corrected chi connectivity index (χ4v) is 2.07. The molecule has 0 rings (SSSR count). The number of aliphatic imine (C=N–C) groups is 2. The number of carbonyl (C=O) groups excluding carboxylic acids is 2. The summed E-state index contributed by atoms with van der Waals surface area (Å²) >= 11 is 0. The number of nitrogens with zero attached hydrogens (tertiary/aromatic N) is 2. The van der Waals surface area contributed by atoms with Crippen LogP contribution in [0.15, 0.2) is 9.98 Å².